The number of aliphatic hydroxyl groups excluding tert-OH is 1. The molecular weight excluding hydrogens is 340 g/mol. The Morgan fingerprint density at radius 2 is 2.04 bits per heavy atom. The van der Waals surface area contributed by atoms with Gasteiger partial charge in [-0.25, -0.2) is 9.59 Å². The number of nitrogens with zero attached hydrogens (tertiary/aromatic N) is 1. The molecule has 0 spiro atoms. The number of rotatable bonds is 5. The minimum Gasteiger partial charge on any atom is -0.464 e. The lowest BCUT2D eigenvalue weighted by Gasteiger charge is -2.29. The molecule has 4 atom stereocenters. The van der Waals surface area contributed by atoms with Crippen LogP contribution in [-0.4, -0.2) is 64.4 Å². The summed E-state index contributed by atoms with van der Waals surface area (Å²) in [5.74, 6) is -1.24. The van der Waals surface area contributed by atoms with Crippen molar-refractivity contribution in [3.05, 3.63) is 12.7 Å². The molecule has 2 aliphatic rings. The average Bonchev–Trinajstić information content (AvgIpc) is 3.09. The van der Waals surface area contributed by atoms with Gasteiger partial charge in [-0.2, -0.15) is 0 Å². The van der Waals surface area contributed by atoms with Crippen molar-refractivity contribution in [3.63, 3.8) is 0 Å². The van der Waals surface area contributed by atoms with Gasteiger partial charge < -0.3 is 19.9 Å². The molecule has 0 radical (unpaired) electrons. The van der Waals surface area contributed by atoms with Crippen LogP contribution in [0, 0.1) is 5.92 Å². The first-order valence-corrected chi connectivity index (χ1v) is 8.83. The summed E-state index contributed by atoms with van der Waals surface area (Å²) in [6.07, 6.45) is 0.597. The third-order valence-corrected chi connectivity index (χ3v) is 4.49. The zero-order valence-electron chi connectivity index (χ0n) is 15.8. The summed E-state index contributed by atoms with van der Waals surface area (Å²) in [5, 5.41) is 12.7. The van der Waals surface area contributed by atoms with E-state index in [0.717, 1.165) is 0 Å². The highest BCUT2D eigenvalue weighted by molar-refractivity contribution is 5.95. The Morgan fingerprint density at radius 1 is 1.38 bits per heavy atom. The molecule has 2 N–H and O–H groups in total. The summed E-state index contributed by atoms with van der Waals surface area (Å²) in [6.45, 7) is 10.7. The second-order valence-electron chi connectivity index (χ2n) is 7.77. The molecule has 0 bridgehead atoms. The first-order valence-electron chi connectivity index (χ1n) is 8.83. The number of nitrogens with one attached hydrogen (secondary N) is 1. The molecule has 3 unspecified atom stereocenters. The SMILES string of the molecule is C=CC1CC1(NC(=O)[C@H]1CC(O)CN1C(=O)OC(C)(C)C)C(=O)OCC. The van der Waals surface area contributed by atoms with E-state index in [-0.39, 0.29) is 25.5 Å². The van der Waals surface area contributed by atoms with Gasteiger partial charge in [-0.1, -0.05) is 6.08 Å². The Kier molecular flexibility index (Phi) is 5.65. The van der Waals surface area contributed by atoms with Crippen molar-refractivity contribution in [1.29, 1.82) is 0 Å². The maximum absolute atomic E-state index is 12.8. The Balaban J connectivity index is 2.12. The van der Waals surface area contributed by atoms with Crippen LogP contribution in [0.2, 0.25) is 0 Å². The third kappa shape index (κ3) is 4.17. The fraction of sp³-hybridized carbons (Fsp3) is 0.722. The van der Waals surface area contributed by atoms with Gasteiger partial charge in [0.1, 0.15) is 17.2 Å². The lowest BCUT2D eigenvalue weighted by Crippen LogP contribution is -2.53. The van der Waals surface area contributed by atoms with Crippen LogP contribution < -0.4 is 5.32 Å². The largest absolute Gasteiger partial charge is 0.464 e. The van der Waals surface area contributed by atoms with Gasteiger partial charge >= 0.3 is 12.1 Å². The fourth-order valence-electron chi connectivity index (χ4n) is 3.15. The van der Waals surface area contributed by atoms with Crippen LogP contribution in [0.4, 0.5) is 4.79 Å². The summed E-state index contributed by atoms with van der Waals surface area (Å²) in [4.78, 5) is 38.6. The van der Waals surface area contributed by atoms with Gasteiger partial charge in [0.05, 0.1) is 19.3 Å². The fourth-order valence-corrected chi connectivity index (χ4v) is 3.15. The Labute approximate surface area is 153 Å². The van der Waals surface area contributed by atoms with E-state index in [1.165, 1.54) is 4.90 Å². The number of carbonyl (C=O) groups excluding carboxylic acids is 3. The highest BCUT2D eigenvalue weighted by atomic mass is 16.6. The molecule has 2 amide bonds. The van der Waals surface area contributed by atoms with E-state index in [4.69, 9.17) is 9.47 Å². The van der Waals surface area contributed by atoms with E-state index in [2.05, 4.69) is 11.9 Å². The number of ether oxygens (including phenoxy) is 2. The van der Waals surface area contributed by atoms with Gasteiger partial charge in [0.2, 0.25) is 5.91 Å². The molecule has 0 aromatic rings. The van der Waals surface area contributed by atoms with Gasteiger partial charge in [0.25, 0.3) is 0 Å². The van der Waals surface area contributed by atoms with Crippen molar-refractivity contribution in [1.82, 2.24) is 10.2 Å². The molecule has 1 aliphatic heterocycles. The molecule has 0 aromatic carbocycles. The summed E-state index contributed by atoms with van der Waals surface area (Å²) in [6, 6.07) is -0.905. The first-order chi connectivity index (χ1) is 12.0. The number of hydrogen-bond donors (Lipinski definition) is 2. The van der Waals surface area contributed by atoms with E-state index in [1.807, 2.05) is 0 Å². The lowest BCUT2D eigenvalue weighted by molar-refractivity contribution is -0.149. The highest BCUT2D eigenvalue weighted by Gasteiger charge is 2.62. The van der Waals surface area contributed by atoms with Crippen molar-refractivity contribution in [3.8, 4) is 0 Å². The van der Waals surface area contributed by atoms with Gasteiger partial charge in [-0.3, -0.25) is 9.69 Å². The minimum absolute atomic E-state index is 0.00426. The summed E-state index contributed by atoms with van der Waals surface area (Å²) in [7, 11) is 0. The van der Waals surface area contributed by atoms with Crippen LogP contribution in [-0.2, 0) is 19.1 Å². The number of hydrogen-bond acceptors (Lipinski definition) is 6. The third-order valence-electron chi connectivity index (χ3n) is 4.49. The van der Waals surface area contributed by atoms with Gasteiger partial charge in [-0.15, -0.1) is 6.58 Å². The van der Waals surface area contributed by atoms with Gasteiger partial charge in [0.15, 0.2) is 0 Å². The molecule has 1 saturated carbocycles. The summed E-state index contributed by atoms with van der Waals surface area (Å²) >= 11 is 0. The van der Waals surface area contributed by atoms with E-state index in [1.54, 1.807) is 33.8 Å². The second kappa shape index (κ2) is 7.26. The number of likely N-dealkylation sites (tertiary alicyclic amines) is 1. The zero-order chi connectivity index (χ0) is 19.7. The van der Waals surface area contributed by atoms with Gasteiger partial charge in [-0.05, 0) is 34.1 Å². The smallest absolute Gasteiger partial charge is 0.411 e. The standard InChI is InChI=1S/C18H28N2O6/c1-6-11-9-18(11,15(23)25-7-2)19-14(22)13-8-12(21)10-20(13)16(24)26-17(3,4)5/h6,11-13,21H,1,7-10H2,2-5H3,(H,19,22)/t11?,12?,13-,18?/m1/s1. The minimum atomic E-state index is -1.14. The van der Waals surface area contributed by atoms with E-state index >= 15 is 0 Å². The van der Waals surface area contributed by atoms with Crippen LogP contribution in [0.25, 0.3) is 0 Å². The molecule has 26 heavy (non-hydrogen) atoms. The number of aliphatic hydroxyl groups is 1. The molecule has 8 heteroatoms. The molecule has 1 heterocycles. The quantitative estimate of drug-likeness (QED) is 0.554. The van der Waals surface area contributed by atoms with Crippen molar-refractivity contribution >= 4 is 18.0 Å². The molecule has 146 valence electrons. The van der Waals surface area contributed by atoms with Crippen LogP contribution in [0.15, 0.2) is 12.7 Å². The molecule has 0 aromatic heterocycles. The monoisotopic (exact) mass is 368 g/mol. The highest BCUT2D eigenvalue weighted by Crippen LogP contribution is 2.45. The second-order valence-corrected chi connectivity index (χ2v) is 7.77. The molecule has 2 rings (SSSR count). The number of carbonyl (C=O) groups is 3. The molecule has 1 saturated heterocycles. The molecule has 8 nitrogen and oxygen atoms in total. The van der Waals surface area contributed by atoms with E-state index in [9.17, 15) is 19.5 Å². The molecular formula is C18H28N2O6. The Bertz CT molecular complexity index is 599. The van der Waals surface area contributed by atoms with Crippen LogP contribution in [0.1, 0.15) is 40.5 Å². The maximum atomic E-state index is 12.8. The van der Waals surface area contributed by atoms with Crippen LogP contribution in [0.3, 0.4) is 0 Å². The lowest BCUT2D eigenvalue weighted by atomic mass is 10.1. The van der Waals surface area contributed by atoms with Crippen LogP contribution in [0.5, 0.6) is 0 Å². The number of β-amino-alcohol motifs (C(OH)–C–C–N with tert-alkyl or cyclic N) is 1. The first kappa shape index (κ1) is 20.2. The Hall–Kier alpha value is -2.09. The van der Waals surface area contributed by atoms with E-state index in [0.29, 0.717) is 6.42 Å². The number of amides is 2. The van der Waals surface area contributed by atoms with E-state index < -0.39 is 41.3 Å². The molecule has 1 aliphatic carbocycles. The topological polar surface area (TPSA) is 105 Å². The maximum Gasteiger partial charge on any atom is 0.411 e. The number of esters is 1. The van der Waals surface area contributed by atoms with Crippen LogP contribution >= 0.6 is 0 Å². The van der Waals surface area contributed by atoms with Crippen molar-refractivity contribution in [2.24, 2.45) is 5.92 Å². The van der Waals surface area contributed by atoms with Crippen molar-refractivity contribution in [2.45, 2.75) is 63.8 Å². The predicted molar refractivity (Wildman–Crippen MR) is 93.2 cm³/mol. The Morgan fingerprint density at radius 3 is 2.54 bits per heavy atom. The van der Waals surface area contributed by atoms with Crippen molar-refractivity contribution in [2.75, 3.05) is 13.2 Å². The molecule has 2 fully saturated rings. The van der Waals surface area contributed by atoms with Crippen molar-refractivity contribution < 1.29 is 29.0 Å². The summed E-state index contributed by atoms with van der Waals surface area (Å²) in [5.41, 5.74) is -1.86. The predicted octanol–water partition coefficient (Wildman–Crippen LogP) is 0.981. The summed E-state index contributed by atoms with van der Waals surface area (Å²) < 4.78 is 10.4. The van der Waals surface area contributed by atoms with Gasteiger partial charge in [0, 0.05) is 12.3 Å². The normalized spacial score (nSPS) is 30.5. The zero-order valence-corrected chi connectivity index (χ0v) is 15.8. The average molecular weight is 368 g/mol.